The van der Waals surface area contributed by atoms with Crippen molar-refractivity contribution in [3.8, 4) is 5.75 Å². The fourth-order valence-corrected chi connectivity index (χ4v) is 0.874. The van der Waals surface area contributed by atoms with Crippen molar-refractivity contribution >= 4 is 17.6 Å². The first kappa shape index (κ1) is 9.03. The van der Waals surface area contributed by atoms with Crippen LogP contribution in [0.25, 0.3) is 0 Å². The molecular formula is C8H7ClO3. The van der Waals surface area contributed by atoms with Crippen LogP contribution >= 0.6 is 11.6 Å². The molecule has 1 rings (SSSR count). The van der Waals surface area contributed by atoms with Crippen molar-refractivity contribution in [3.05, 3.63) is 29.3 Å². The number of hydrogen-bond donors (Lipinski definition) is 1. The molecule has 0 heterocycles. The number of aliphatic hydroxyl groups is 1. The molecule has 0 aliphatic rings. The topological polar surface area (TPSA) is 46.5 Å². The maximum atomic E-state index is 10.6. The Hall–Kier alpha value is -1.06. The quantitative estimate of drug-likeness (QED) is 0.558. The van der Waals surface area contributed by atoms with E-state index in [4.69, 9.17) is 16.7 Å². The van der Waals surface area contributed by atoms with Gasteiger partial charge in [0.1, 0.15) is 12.4 Å². The SMILES string of the molecule is O=C(CO)Oc1cccc(Cl)c1. The molecule has 0 fully saturated rings. The van der Waals surface area contributed by atoms with Gasteiger partial charge in [-0.3, -0.25) is 0 Å². The van der Waals surface area contributed by atoms with E-state index in [0.29, 0.717) is 10.8 Å². The maximum Gasteiger partial charge on any atom is 0.337 e. The molecular weight excluding hydrogens is 180 g/mol. The molecule has 12 heavy (non-hydrogen) atoms. The molecule has 1 aromatic rings. The third kappa shape index (κ3) is 2.53. The van der Waals surface area contributed by atoms with Crippen LogP contribution in [0.1, 0.15) is 0 Å². The lowest BCUT2D eigenvalue weighted by Gasteiger charge is -2.00. The van der Waals surface area contributed by atoms with Crippen molar-refractivity contribution in [3.63, 3.8) is 0 Å². The molecule has 0 radical (unpaired) electrons. The monoisotopic (exact) mass is 186 g/mol. The molecule has 0 bridgehead atoms. The Morgan fingerprint density at radius 2 is 2.33 bits per heavy atom. The van der Waals surface area contributed by atoms with Gasteiger partial charge in [-0.25, -0.2) is 4.79 Å². The van der Waals surface area contributed by atoms with Gasteiger partial charge in [0.15, 0.2) is 0 Å². The van der Waals surface area contributed by atoms with Crippen LogP contribution in [0.15, 0.2) is 24.3 Å². The van der Waals surface area contributed by atoms with Gasteiger partial charge in [-0.15, -0.1) is 0 Å². The average molecular weight is 187 g/mol. The number of ether oxygens (including phenoxy) is 1. The van der Waals surface area contributed by atoms with Crippen LogP contribution in [0, 0.1) is 0 Å². The van der Waals surface area contributed by atoms with Crippen LogP contribution < -0.4 is 4.74 Å². The van der Waals surface area contributed by atoms with E-state index in [-0.39, 0.29) is 0 Å². The number of esters is 1. The van der Waals surface area contributed by atoms with Crippen molar-refractivity contribution < 1.29 is 14.6 Å². The number of aliphatic hydroxyl groups excluding tert-OH is 1. The van der Waals surface area contributed by atoms with Crippen molar-refractivity contribution in [2.45, 2.75) is 0 Å². The number of carbonyl (C=O) groups excluding carboxylic acids is 1. The molecule has 1 aromatic carbocycles. The first-order chi connectivity index (χ1) is 5.72. The Morgan fingerprint density at radius 1 is 1.58 bits per heavy atom. The van der Waals surface area contributed by atoms with Crippen molar-refractivity contribution in [1.82, 2.24) is 0 Å². The third-order valence-corrected chi connectivity index (χ3v) is 1.39. The lowest BCUT2D eigenvalue weighted by molar-refractivity contribution is -0.137. The molecule has 64 valence electrons. The standard InChI is InChI=1S/C8H7ClO3/c9-6-2-1-3-7(4-6)12-8(11)5-10/h1-4,10H,5H2. The molecule has 0 saturated heterocycles. The van der Waals surface area contributed by atoms with Crippen molar-refractivity contribution in [2.24, 2.45) is 0 Å². The Bertz CT molecular complexity index is 285. The van der Waals surface area contributed by atoms with Gasteiger partial charge in [-0.1, -0.05) is 17.7 Å². The highest BCUT2D eigenvalue weighted by atomic mass is 35.5. The number of halogens is 1. The number of benzene rings is 1. The van der Waals surface area contributed by atoms with E-state index in [0.717, 1.165) is 0 Å². The van der Waals surface area contributed by atoms with E-state index >= 15 is 0 Å². The van der Waals surface area contributed by atoms with Gasteiger partial charge >= 0.3 is 5.97 Å². The number of rotatable bonds is 2. The van der Waals surface area contributed by atoms with Crippen LogP contribution in [-0.2, 0) is 4.79 Å². The molecule has 0 atom stereocenters. The first-order valence-corrected chi connectivity index (χ1v) is 3.67. The fraction of sp³-hybridized carbons (Fsp3) is 0.125. The zero-order valence-corrected chi connectivity index (χ0v) is 6.91. The van der Waals surface area contributed by atoms with Gasteiger partial charge in [0, 0.05) is 5.02 Å². The summed E-state index contributed by atoms with van der Waals surface area (Å²) in [6.45, 7) is -0.632. The Kier molecular flexibility index (Phi) is 3.08. The number of hydrogen-bond acceptors (Lipinski definition) is 3. The fourth-order valence-electron chi connectivity index (χ4n) is 0.694. The minimum atomic E-state index is -0.697. The number of carbonyl (C=O) groups is 1. The van der Waals surface area contributed by atoms with Crippen LogP contribution in [0.3, 0.4) is 0 Å². The van der Waals surface area contributed by atoms with E-state index in [1.165, 1.54) is 6.07 Å². The molecule has 4 heteroatoms. The second-order valence-electron chi connectivity index (χ2n) is 2.09. The summed E-state index contributed by atoms with van der Waals surface area (Å²) < 4.78 is 4.67. The van der Waals surface area contributed by atoms with Crippen molar-refractivity contribution in [2.75, 3.05) is 6.61 Å². The molecule has 3 nitrogen and oxygen atoms in total. The summed E-state index contributed by atoms with van der Waals surface area (Å²) in [6.07, 6.45) is 0. The summed E-state index contributed by atoms with van der Waals surface area (Å²) in [5.74, 6) is -0.362. The summed E-state index contributed by atoms with van der Waals surface area (Å²) >= 11 is 5.62. The summed E-state index contributed by atoms with van der Waals surface area (Å²) in [4.78, 5) is 10.6. The van der Waals surface area contributed by atoms with Crippen molar-refractivity contribution in [1.29, 1.82) is 0 Å². The van der Waals surface area contributed by atoms with Crippen LogP contribution in [0.5, 0.6) is 5.75 Å². The van der Waals surface area contributed by atoms with Crippen LogP contribution in [0.4, 0.5) is 0 Å². The van der Waals surface area contributed by atoms with Gasteiger partial charge in [-0.05, 0) is 18.2 Å². The summed E-state index contributed by atoms with van der Waals surface area (Å²) in [6, 6.07) is 6.40. The molecule has 0 unspecified atom stereocenters. The molecule has 1 N–H and O–H groups in total. The molecule has 0 aliphatic heterocycles. The minimum Gasteiger partial charge on any atom is -0.425 e. The lowest BCUT2D eigenvalue weighted by Crippen LogP contribution is -2.11. The molecule has 0 aliphatic carbocycles. The van der Waals surface area contributed by atoms with Gasteiger partial charge in [0.05, 0.1) is 0 Å². The Labute approximate surface area is 74.5 Å². The predicted molar refractivity (Wildman–Crippen MR) is 44.2 cm³/mol. The Balaban J connectivity index is 2.69. The second kappa shape index (κ2) is 4.09. The first-order valence-electron chi connectivity index (χ1n) is 3.29. The third-order valence-electron chi connectivity index (χ3n) is 1.16. The van der Waals surface area contributed by atoms with E-state index in [1.54, 1.807) is 18.2 Å². The molecule has 0 aromatic heterocycles. The maximum absolute atomic E-state index is 10.6. The summed E-state index contributed by atoms with van der Waals surface area (Å²) in [5, 5.41) is 8.84. The molecule has 0 saturated carbocycles. The van der Waals surface area contributed by atoms with Gasteiger partial charge < -0.3 is 9.84 Å². The molecule has 0 spiro atoms. The highest BCUT2D eigenvalue weighted by molar-refractivity contribution is 6.30. The van der Waals surface area contributed by atoms with E-state index < -0.39 is 12.6 Å². The Morgan fingerprint density at radius 3 is 2.92 bits per heavy atom. The van der Waals surface area contributed by atoms with Gasteiger partial charge in [-0.2, -0.15) is 0 Å². The average Bonchev–Trinajstić information content (AvgIpc) is 2.04. The largest absolute Gasteiger partial charge is 0.425 e. The smallest absolute Gasteiger partial charge is 0.337 e. The van der Waals surface area contributed by atoms with E-state index in [9.17, 15) is 4.79 Å². The highest BCUT2D eigenvalue weighted by Gasteiger charge is 2.01. The van der Waals surface area contributed by atoms with Crippen LogP contribution in [0.2, 0.25) is 5.02 Å². The zero-order valence-electron chi connectivity index (χ0n) is 6.16. The molecule has 0 amide bonds. The lowest BCUT2D eigenvalue weighted by atomic mass is 10.3. The normalized spacial score (nSPS) is 9.50. The minimum absolute atomic E-state index is 0.335. The highest BCUT2D eigenvalue weighted by Crippen LogP contribution is 2.16. The zero-order chi connectivity index (χ0) is 8.97. The second-order valence-corrected chi connectivity index (χ2v) is 2.53. The van der Waals surface area contributed by atoms with E-state index in [1.807, 2.05) is 0 Å². The predicted octanol–water partition coefficient (Wildman–Crippen LogP) is 1.24. The van der Waals surface area contributed by atoms with E-state index in [2.05, 4.69) is 4.74 Å². The summed E-state index contributed by atoms with van der Waals surface area (Å²) in [5.41, 5.74) is 0. The van der Waals surface area contributed by atoms with Crippen LogP contribution in [-0.4, -0.2) is 17.7 Å². The van der Waals surface area contributed by atoms with Gasteiger partial charge in [0.2, 0.25) is 0 Å². The van der Waals surface area contributed by atoms with Gasteiger partial charge in [0.25, 0.3) is 0 Å². The summed E-state index contributed by atoms with van der Waals surface area (Å²) in [7, 11) is 0.